The fraction of sp³-hybridized carbons (Fsp3) is 0.143. The number of rotatable bonds is 1. The molecule has 0 fully saturated rings. The Labute approximate surface area is 64.2 Å². The Morgan fingerprint density at radius 3 is 2.90 bits per heavy atom. The van der Waals surface area contributed by atoms with E-state index in [1.165, 1.54) is 12.1 Å². The molecule has 0 atom stereocenters. The van der Waals surface area contributed by atoms with E-state index in [-0.39, 0.29) is 5.75 Å². The van der Waals surface area contributed by atoms with Gasteiger partial charge < -0.3 is 10.8 Å². The molecule has 2 nitrogen and oxygen atoms in total. The molecular weight excluding hydrogens is 150 g/mol. The van der Waals surface area contributed by atoms with Crippen LogP contribution in [0.1, 0.15) is 5.56 Å². The topological polar surface area (TPSA) is 46.2 Å². The van der Waals surface area contributed by atoms with Gasteiger partial charge in [0.25, 0.3) is 0 Å². The largest absolute Gasteiger partial charge is 0.507 e. The first-order chi connectivity index (χ1) is 4.74. The highest BCUT2D eigenvalue weighted by atomic mass is 35.5. The van der Waals surface area contributed by atoms with Crippen molar-refractivity contribution in [3.63, 3.8) is 0 Å². The van der Waals surface area contributed by atoms with Gasteiger partial charge in [0.2, 0.25) is 0 Å². The van der Waals surface area contributed by atoms with Crippen LogP contribution in [0.5, 0.6) is 5.75 Å². The van der Waals surface area contributed by atoms with E-state index in [0.717, 1.165) is 5.56 Å². The highest BCUT2D eigenvalue weighted by Gasteiger charge is 1.97. The standard InChI is InChI=1S/C7H7ClNO/c8-7-2-1-6(10)3-5(7)4-9/h2-3,10H,4,9H2. The average Bonchev–Trinajstić information content (AvgIpc) is 1.94. The molecule has 0 spiro atoms. The van der Waals surface area contributed by atoms with Crippen molar-refractivity contribution in [1.29, 1.82) is 0 Å². The summed E-state index contributed by atoms with van der Waals surface area (Å²) >= 11 is 5.67. The maximum Gasteiger partial charge on any atom is 0.123 e. The summed E-state index contributed by atoms with van der Waals surface area (Å²) in [6.07, 6.45) is 0. The fourth-order valence-electron chi connectivity index (χ4n) is 0.662. The summed E-state index contributed by atoms with van der Waals surface area (Å²) in [5, 5.41) is 9.44. The summed E-state index contributed by atoms with van der Waals surface area (Å²) < 4.78 is 0. The van der Waals surface area contributed by atoms with Crippen molar-refractivity contribution < 1.29 is 5.11 Å². The summed E-state index contributed by atoms with van der Waals surface area (Å²) in [5.41, 5.74) is 6.04. The molecule has 0 aliphatic carbocycles. The molecule has 0 aliphatic heterocycles. The molecule has 3 heteroatoms. The first-order valence-electron chi connectivity index (χ1n) is 2.83. The quantitative estimate of drug-likeness (QED) is 0.644. The SMILES string of the molecule is NCc1cc(O)[c]cc1Cl. The summed E-state index contributed by atoms with van der Waals surface area (Å²) in [7, 11) is 0. The van der Waals surface area contributed by atoms with E-state index in [1.54, 1.807) is 0 Å². The average molecular weight is 157 g/mol. The third kappa shape index (κ3) is 1.40. The number of phenols is 1. The van der Waals surface area contributed by atoms with Gasteiger partial charge in [0, 0.05) is 17.6 Å². The lowest BCUT2D eigenvalue weighted by molar-refractivity contribution is 0.473. The van der Waals surface area contributed by atoms with E-state index in [1.807, 2.05) is 0 Å². The number of hydrogen-bond acceptors (Lipinski definition) is 2. The monoisotopic (exact) mass is 156 g/mol. The third-order valence-electron chi connectivity index (χ3n) is 1.18. The van der Waals surface area contributed by atoms with E-state index in [4.69, 9.17) is 22.4 Å². The van der Waals surface area contributed by atoms with Crippen LogP contribution in [0.3, 0.4) is 0 Å². The van der Waals surface area contributed by atoms with Crippen LogP contribution in [0.15, 0.2) is 12.1 Å². The van der Waals surface area contributed by atoms with Gasteiger partial charge in [-0.2, -0.15) is 0 Å². The molecule has 0 heterocycles. The lowest BCUT2D eigenvalue weighted by Crippen LogP contribution is -1.96. The summed E-state index contributed by atoms with van der Waals surface area (Å²) in [6, 6.07) is 5.54. The Balaban J connectivity index is 3.09. The zero-order chi connectivity index (χ0) is 7.56. The predicted molar refractivity (Wildman–Crippen MR) is 39.8 cm³/mol. The van der Waals surface area contributed by atoms with Gasteiger partial charge in [-0.15, -0.1) is 0 Å². The van der Waals surface area contributed by atoms with Crippen molar-refractivity contribution in [3.8, 4) is 5.75 Å². The van der Waals surface area contributed by atoms with Gasteiger partial charge in [-0.3, -0.25) is 0 Å². The van der Waals surface area contributed by atoms with Gasteiger partial charge in [-0.05, 0) is 17.7 Å². The third-order valence-corrected chi connectivity index (χ3v) is 1.54. The van der Waals surface area contributed by atoms with Gasteiger partial charge in [0.15, 0.2) is 0 Å². The minimum Gasteiger partial charge on any atom is -0.507 e. The predicted octanol–water partition coefficient (Wildman–Crippen LogP) is 1.30. The summed E-state index contributed by atoms with van der Waals surface area (Å²) in [6.45, 7) is 0.334. The van der Waals surface area contributed by atoms with Gasteiger partial charge in [0.1, 0.15) is 5.75 Å². The molecule has 0 saturated carbocycles. The van der Waals surface area contributed by atoms with Gasteiger partial charge in [-0.1, -0.05) is 11.6 Å². The van der Waals surface area contributed by atoms with E-state index in [2.05, 4.69) is 6.07 Å². The molecule has 1 rings (SSSR count). The lowest BCUT2D eigenvalue weighted by atomic mass is 10.2. The van der Waals surface area contributed by atoms with Crippen molar-refractivity contribution in [2.24, 2.45) is 5.73 Å². The fourth-order valence-corrected chi connectivity index (χ4v) is 0.848. The molecule has 1 radical (unpaired) electrons. The van der Waals surface area contributed by atoms with Crippen LogP contribution in [0.2, 0.25) is 5.02 Å². The highest BCUT2D eigenvalue weighted by Crippen LogP contribution is 2.19. The van der Waals surface area contributed by atoms with Gasteiger partial charge in [-0.25, -0.2) is 0 Å². The lowest BCUT2D eigenvalue weighted by Gasteiger charge is -1.99. The molecule has 0 bridgehead atoms. The van der Waals surface area contributed by atoms with Crippen LogP contribution >= 0.6 is 11.6 Å². The second kappa shape index (κ2) is 2.90. The van der Waals surface area contributed by atoms with Crippen LogP contribution in [0.4, 0.5) is 0 Å². The van der Waals surface area contributed by atoms with Crippen LogP contribution < -0.4 is 5.73 Å². The number of phenolic OH excluding ortho intramolecular Hbond substituents is 1. The molecule has 0 aromatic heterocycles. The van der Waals surface area contributed by atoms with Gasteiger partial charge in [0.05, 0.1) is 0 Å². The zero-order valence-corrected chi connectivity index (χ0v) is 6.02. The Bertz CT molecular complexity index is 237. The number of benzene rings is 1. The Morgan fingerprint density at radius 2 is 2.40 bits per heavy atom. The van der Waals surface area contributed by atoms with Crippen molar-refractivity contribution in [2.45, 2.75) is 6.54 Å². The van der Waals surface area contributed by atoms with Crippen LogP contribution in [0, 0.1) is 6.07 Å². The van der Waals surface area contributed by atoms with E-state index in [0.29, 0.717) is 11.6 Å². The van der Waals surface area contributed by atoms with Crippen LogP contribution in [0.25, 0.3) is 0 Å². The minimum atomic E-state index is 0.0739. The van der Waals surface area contributed by atoms with E-state index in [9.17, 15) is 0 Å². The maximum atomic E-state index is 8.90. The normalized spacial score (nSPS) is 9.80. The van der Waals surface area contributed by atoms with Crippen LogP contribution in [-0.4, -0.2) is 5.11 Å². The Hall–Kier alpha value is -0.730. The number of aromatic hydroxyl groups is 1. The summed E-state index contributed by atoms with van der Waals surface area (Å²) in [4.78, 5) is 0. The molecule has 0 saturated heterocycles. The van der Waals surface area contributed by atoms with E-state index >= 15 is 0 Å². The Kier molecular flexibility index (Phi) is 2.14. The van der Waals surface area contributed by atoms with Crippen molar-refractivity contribution >= 4 is 11.6 Å². The van der Waals surface area contributed by atoms with Gasteiger partial charge >= 0.3 is 0 Å². The number of nitrogens with two attached hydrogens (primary N) is 1. The zero-order valence-electron chi connectivity index (χ0n) is 5.26. The molecule has 1 aromatic carbocycles. The Morgan fingerprint density at radius 1 is 1.70 bits per heavy atom. The molecular formula is C7H7ClNO. The highest BCUT2D eigenvalue weighted by molar-refractivity contribution is 6.31. The molecule has 1 aromatic rings. The number of hydrogen-bond donors (Lipinski definition) is 2. The molecule has 53 valence electrons. The number of halogens is 1. The van der Waals surface area contributed by atoms with E-state index < -0.39 is 0 Å². The maximum absolute atomic E-state index is 8.90. The molecule has 10 heavy (non-hydrogen) atoms. The second-order valence-electron chi connectivity index (χ2n) is 1.90. The van der Waals surface area contributed by atoms with Crippen LogP contribution in [-0.2, 0) is 6.54 Å². The van der Waals surface area contributed by atoms with Crippen molar-refractivity contribution in [3.05, 3.63) is 28.8 Å². The molecule has 0 unspecified atom stereocenters. The second-order valence-corrected chi connectivity index (χ2v) is 2.30. The molecule has 3 N–H and O–H groups in total. The van der Waals surface area contributed by atoms with Crippen molar-refractivity contribution in [2.75, 3.05) is 0 Å². The van der Waals surface area contributed by atoms with Crippen molar-refractivity contribution in [1.82, 2.24) is 0 Å². The molecule has 0 amide bonds. The minimum absolute atomic E-state index is 0.0739. The summed E-state index contributed by atoms with van der Waals surface area (Å²) in [5.74, 6) is 0.0739. The first-order valence-corrected chi connectivity index (χ1v) is 3.21. The first kappa shape index (κ1) is 7.38. The molecule has 0 aliphatic rings. The smallest absolute Gasteiger partial charge is 0.123 e.